The van der Waals surface area contributed by atoms with Crippen molar-refractivity contribution in [2.24, 2.45) is 0 Å². The molecule has 0 unspecified atom stereocenters. The number of ether oxygens (including phenoxy) is 2. The maximum Gasteiger partial charge on any atom is 0.186 e. The summed E-state index contributed by atoms with van der Waals surface area (Å²) in [7, 11) is 0. The van der Waals surface area contributed by atoms with Crippen molar-refractivity contribution in [3.8, 4) is 0 Å². The van der Waals surface area contributed by atoms with Crippen molar-refractivity contribution in [1.82, 2.24) is 0 Å². The first-order valence-electron chi connectivity index (χ1n) is 3.51. The zero-order valence-corrected chi connectivity index (χ0v) is 5.75. The molecule has 2 saturated heterocycles. The van der Waals surface area contributed by atoms with Crippen LogP contribution in [0.5, 0.6) is 0 Å². The lowest BCUT2D eigenvalue weighted by Crippen LogP contribution is -2.53. The van der Waals surface area contributed by atoms with E-state index in [-0.39, 0.29) is 6.61 Å². The molecule has 0 aromatic heterocycles. The van der Waals surface area contributed by atoms with Gasteiger partial charge in [0.25, 0.3) is 0 Å². The van der Waals surface area contributed by atoms with E-state index in [9.17, 15) is 10.2 Å². The SMILES string of the molecule is O[C@@H]1[C@H]2CO[13C@H](O2)[13C@@H](O)[13C@H]1O. The highest BCUT2D eigenvalue weighted by atomic mass is 16.9. The molecule has 5 nitrogen and oxygen atoms in total. The lowest BCUT2D eigenvalue weighted by atomic mass is 10.3. The van der Waals surface area contributed by atoms with Crippen molar-refractivity contribution < 1.29 is 24.8 Å². The number of rotatable bonds is 0. The molecule has 0 aromatic rings. The molecule has 0 aromatic carbocycles. The lowest BCUT2D eigenvalue weighted by Gasteiger charge is -2.32. The van der Waals surface area contributed by atoms with Crippen molar-refractivity contribution in [2.75, 3.05) is 6.61 Å². The van der Waals surface area contributed by atoms with Crippen LogP contribution in [0.2, 0.25) is 0 Å². The van der Waals surface area contributed by atoms with Gasteiger partial charge in [-0.15, -0.1) is 0 Å². The van der Waals surface area contributed by atoms with Gasteiger partial charge in [0.2, 0.25) is 0 Å². The molecular weight excluding hydrogens is 155 g/mol. The molecule has 0 radical (unpaired) electrons. The monoisotopic (exact) mass is 165 g/mol. The Balaban J connectivity index is 2.16. The Labute approximate surface area is 63.2 Å². The molecule has 0 spiro atoms. The third-order valence-corrected chi connectivity index (χ3v) is 2.09. The fraction of sp³-hybridized carbons (Fsp3) is 1.00. The van der Waals surface area contributed by atoms with Crippen LogP contribution in [0.25, 0.3) is 0 Å². The zero-order chi connectivity index (χ0) is 8.01. The summed E-state index contributed by atoms with van der Waals surface area (Å²) in [5.74, 6) is 0. The molecule has 64 valence electrons. The van der Waals surface area contributed by atoms with E-state index < -0.39 is 30.7 Å². The molecule has 0 aliphatic carbocycles. The van der Waals surface area contributed by atoms with Gasteiger partial charge in [-0.25, -0.2) is 0 Å². The lowest BCUT2D eigenvalue weighted by molar-refractivity contribution is -0.228. The average Bonchev–Trinajstić information content (AvgIpc) is 2.44. The summed E-state index contributed by atoms with van der Waals surface area (Å²) >= 11 is 0. The molecule has 2 bridgehead atoms. The summed E-state index contributed by atoms with van der Waals surface area (Å²) in [6.07, 6.45) is -4.58. The highest BCUT2D eigenvalue weighted by Crippen LogP contribution is 2.27. The second-order valence-corrected chi connectivity index (χ2v) is 2.85. The average molecular weight is 165 g/mol. The van der Waals surface area contributed by atoms with Crippen LogP contribution in [-0.4, -0.2) is 52.6 Å². The predicted molar refractivity (Wildman–Crippen MR) is 32.6 cm³/mol. The van der Waals surface area contributed by atoms with Crippen molar-refractivity contribution >= 4 is 0 Å². The van der Waals surface area contributed by atoms with Crippen molar-refractivity contribution in [1.29, 1.82) is 0 Å². The van der Waals surface area contributed by atoms with Crippen LogP contribution in [0.4, 0.5) is 0 Å². The van der Waals surface area contributed by atoms with Crippen molar-refractivity contribution in [2.45, 2.75) is 30.7 Å². The van der Waals surface area contributed by atoms with Gasteiger partial charge in [-0.3, -0.25) is 0 Å². The first kappa shape index (κ1) is 7.45. The number of aliphatic hydroxyl groups is 3. The summed E-state index contributed by atoms with van der Waals surface area (Å²) in [4.78, 5) is 0. The van der Waals surface area contributed by atoms with Crippen LogP contribution in [0, 0.1) is 0 Å². The fourth-order valence-corrected chi connectivity index (χ4v) is 1.38. The Morgan fingerprint density at radius 1 is 1.00 bits per heavy atom. The van der Waals surface area contributed by atoms with Crippen molar-refractivity contribution in [3.05, 3.63) is 0 Å². The van der Waals surface area contributed by atoms with Crippen LogP contribution in [0.1, 0.15) is 0 Å². The van der Waals surface area contributed by atoms with Crippen LogP contribution < -0.4 is 0 Å². The summed E-state index contributed by atoms with van der Waals surface area (Å²) in [6, 6.07) is 0. The summed E-state index contributed by atoms with van der Waals surface area (Å²) in [5.41, 5.74) is 0. The van der Waals surface area contributed by atoms with Crippen molar-refractivity contribution in [3.63, 3.8) is 0 Å². The smallest absolute Gasteiger partial charge is 0.186 e. The maximum atomic E-state index is 9.22. The normalized spacial score (nSPS) is 56.5. The van der Waals surface area contributed by atoms with Gasteiger partial charge in [-0.05, 0) is 0 Å². The third-order valence-electron chi connectivity index (χ3n) is 2.09. The molecule has 11 heavy (non-hydrogen) atoms. The number of aliphatic hydroxyl groups excluding tert-OH is 3. The van der Waals surface area contributed by atoms with E-state index in [0.717, 1.165) is 0 Å². The van der Waals surface area contributed by atoms with Crippen LogP contribution in [-0.2, 0) is 9.47 Å². The largest absolute Gasteiger partial charge is 0.387 e. The standard InChI is InChI=1S/C6H10O5/c7-3-2-1-10-6(11-2)5(9)4(3)8/h2-9H,1H2/t2-,3-,4+,5+,6-/m1/s1/i4+1,5+1,6+1. The Kier molecular flexibility index (Phi) is 1.62. The highest BCUT2D eigenvalue weighted by molar-refractivity contribution is 4.92. The van der Waals surface area contributed by atoms with Gasteiger partial charge < -0.3 is 24.8 Å². The second-order valence-electron chi connectivity index (χ2n) is 2.85. The van der Waals surface area contributed by atoms with Gasteiger partial charge in [-0.2, -0.15) is 0 Å². The van der Waals surface area contributed by atoms with E-state index in [4.69, 9.17) is 14.6 Å². The molecular formula is C6H10O5. The van der Waals surface area contributed by atoms with E-state index in [2.05, 4.69) is 0 Å². The van der Waals surface area contributed by atoms with Crippen LogP contribution in [0.3, 0.4) is 0 Å². The van der Waals surface area contributed by atoms with Crippen LogP contribution in [0.15, 0.2) is 0 Å². The molecule has 2 aliphatic rings. The molecule has 5 atom stereocenters. The van der Waals surface area contributed by atoms with Gasteiger partial charge in [0.15, 0.2) is 6.29 Å². The molecule has 5 heteroatoms. The minimum absolute atomic E-state index is 0.236. The van der Waals surface area contributed by atoms with Gasteiger partial charge in [-0.1, -0.05) is 0 Å². The third kappa shape index (κ3) is 0.969. The van der Waals surface area contributed by atoms with Gasteiger partial charge >= 0.3 is 0 Å². The highest BCUT2D eigenvalue weighted by Gasteiger charge is 2.48. The summed E-state index contributed by atoms with van der Waals surface area (Å²) in [6.45, 7) is 0.236. The molecule has 0 amide bonds. The van der Waals surface area contributed by atoms with Crippen LogP contribution >= 0.6 is 0 Å². The number of fused-ring (bicyclic) bond motifs is 2. The quantitative estimate of drug-likeness (QED) is 0.356. The summed E-state index contributed by atoms with van der Waals surface area (Å²) < 4.78 is 9.95. The number of hydrogen-bond donors (Lipinski definition) is 3. The Hall–Kier alpha value is -0.200. The van der Waals surface area contributed by atoms with E-state index in [0.29, 0.717) is 0 Å². The predicted octanol–water partition coefficient (Wildman–Crippen LogP) is -2.18. The Bertz CT molecular complexity index is 141. The van der Waals surface area contributed by atoms with Gasteiger partial charge in [0, 0.05) is 0 Å². The first-order chi connectivity index (χ1) is 5.20. The van der Waals surface area contributed by atoms with E-state index in [1.54, 1.807) is 0 Å². The molecule has 2 heterocycles. The molecule has 2 fully saturated rings. The topological polar surface area (TPSA) is 79.2 Å². The second kappa shape index (κ2) is 2.40. The van der Waals surface area contributed by atoms with E-state index in [1.807, 2.05) is 0 Å². The fourth-order valence-electron chi connectivity index (χ4n) is 1.38. The zero-order valence-electron chi connectivity index (χ0n) is 5.75. The molecule has 2 aliphatic heterocycles. The first-order valence-corrected chi connectivity index (χ1v) is 3.51. The van der Waals surface area contributed by atoms with E-state index >= 15 is 0 Å². The molecule has 0 saturated carbocycles. The Morgan fingerprint density at radius 2 is 1.73 bits per heavy atom. The Morgan fingerprint density at radius 3 is 2.45 bits per heavy atom. The minimum atomic E-state index is -1.15. The van der Waals surface area contributed by atoms with E-state index in [1.165, 1.54) is 0 Å². The molecule has 2 rings (SSSR count). The van der Waals surface area contributed by atoms with Gasteiger partial charge in [0.05, 0.1) is 6.61 Å². The number of hydrogen-bond acceptors (Lipinski definition) is 5. The van der Waals surface area contributed by atoms with Gasteiger partial charge in [0.1, 0.15) is 24.4 Å². The molecule has 3 N–H and O–H groups in total. The minimum Gasteiger partial charge on any atom is -0.387 e. The maximum absolute atomic E-state index is 9.22. The summed E-state index contributed by atoms with van der Waals surface area (Å²) in [5, 5.41) is 27.6.